The number of hydrogen-bond donors (Lipinski definition) is 2. The Labute approximate surface area is 91.5 Å². The van der Waals surface area contributed by atoms with Crippen LogP contribution in [-0.2, 0) is 0 Å². The minimum atomic E-state index is -1.24. The number of nitrogens with zero attached hydrogens (tertiary/aromatic N) is 1. The van der Waals surface area contributed by atoms with Gasteiger partial charge in [-0.2, -0.15) is 0 Å². The van der Waals surface area contributed by atoms with E-state index < -0.39 is 11.5 Å². The van der Waals surface area contributed by atoms with E-state index in [0.717, 1.165) is 0 Å². The first-order chi connectivity index (χ1) is 7.50. The number of H-pyrrole nitrogens is 1. The van der Waals surface area contributed by atoms with Crippen LogP contribution in [0.1, 0.15) is 17.3 Å². The van der Waals surface area contributed by atoms with E-state index in [4.69, 9.17) is 9.84 Å². The van der Waals surface area contributed by atoms with Gasteiger partial charge in [0.25, 0.3) is 5.56 Å². The van der Waals surface area contributed by atoms with Crippen molar-refractivity contribution in [2.45, 2.75) is 13.0 Å². The summed E-state index contributed by atoms with van der Waals surface area (Å²) in [6, 6.07) is 1.48. The number of aromatic carboxylic acids is 1. The van der Waals surface area contributed by atoms with Crippen LogP contribution < -0.4 is 15.2 Å². The molecule has 2 rings (SSSR count). The Morgan fingerprint density at radius 3 is 3.00 bits per heavy atom. The van der Waals surface area contributed by atoms with E-state index in [2.05, 4.69) is 4.98 Å². The van der Waals surface area contributed by atoms with E-state index in [0.29, 0.717) is 18.2 Å². The van der Waals surface area contributed by atoms with Crippen LogP contribution in [0, 0.1) is 0 Å². The lowest BCUT2D eigenvalue weighted by Gasteiger charge is -2.33. The molecule has 0 saturated carbocycles. The van der Waals surface area contributed by atoms with Crippen molar-refractivity contribution in [3.8, 4) is 5.88 Å². The van der Waals surface area contributed by atoms with Gasteiger partial charge in [-0.05, 0) is 13.0 Å². The second-order valence-corrected chi connectivity index (χ2v) is 3.80. The van der Waals surface area contributed by atoms with Crippen molar-refractivity contribution in [2.75, 3.05) is 18.6 Å². The van der Waals surface area contributed by atoms with E-state index >= 15 is 0 Å². The average Bonchev–Trinajstić information content (AvgIpc) is 2.23. The van der Waals surface area contributed by atoms with E-state index in [1.807, 2.05) is 18.9 Å². The first kappa shape index (κ1) is 10.5. The van der Waals surface area contributed by atoms with Crippen molar-refractivity contribution in [1.82, 2.24) is 4.98 Å². The van der Waals surface area contributed by atoms with Gasteiger partial charge in [0, 0.05) is 7.05 Å². The molecule has 2 N–H and O–H groups in total. The summed E-state index contributed by atoms with van der Waals surface area (Å²) >= 11 is 0. The van der Waals surface area contributed by atoms with Crippen LogP contribution in [0.15, 0.2) is 10.9 Å². The van der Waals surface area contributed by atoms with Crippen LogP contribution in [0.4, 0.5) is 5.69 Å². The van der Waals surface area contributed by atoms with Crippen molar-refractivity contribution in [1.29, 1.82) is 0 Å². The third-order valence-corrected chi connectivity index (χ3v) is 2.73. The maximum Gasteiger partial charge on any atom is 0.341 e. The Bertz CT molecular complexity index is 494. The molecule has 0 radical (unpaired) electrons. The van der Waals surface area contributed by atoms with Crippen molar-refractivity contribution in [3.63, 3.8) is 0 Å². The van der Waals surface area contributed by atoms with Gasteiger partial charge in [0.1, 0.15) is 12.2 Å². The zero-order valence-electron chi connectivity index (χ0n) is 8.98. The minimum Gasteiger partial charge on any atom is -0.477 e. The largest absolute Gasteiger partial charge is 0.477 e. The lowest BCUT2D eigenvalue weighted by atomic mass is 10.2. The van der Waals surface area contributed by atoms with Crippen LogP contribution in [0.25, 0.3) is 0 Å². The summed E-state index contributed by atoms with van der Waals surface area (Å²) in [7, 11) is 1.83. The van der Waals surface area contributed by atoms with Gasteiger partial charge in [-0.3, -0.25) is 9.78 Å². The number of fused-ring (bicyclic) bond motifs is 1. The predicted molar refractivity (Wildman–Crippen MR) is 57.4 cm³/mol. The number of anilines is 1. The van der Waals surface area contributed by atoms with Gasteiger partial charge >= 0.3 is 5.97 Å². The zero-order valence-corrected chi connectivity index (χ0v) is 8.98. The molecule has 0 aromatic carbocycles. The summed E-state index contributed by atoms with van der Waals surface area (Å²) < 4.78 is 5.33. The standard InChI is InChI=1S/C10H12N2O4/c1-5-4-16-9-7(12(5)2)3-6(10(14)15)8(13)11-9/h3,5H,4H2,1-2H3,(H,11,13)(H,14,15). The average molecular weight is 224 g/mol. The summed E-state index contributed by atoms with van der Waals surface area (Å²) in [4.78, 5) is 26.5. The first-order valence-corrected chi connectivity index (χ1v) is 4.87. The molecule has 0 amide bonds. The van der Waals surface area contributed by atoms with Gasteiger partial charge in [0.15, 0.2) is 0 Å². The number of aromatic nitrogens is 1. The highest BCUT2D eigenvalue weighted by Crippen LogP contribution is 2.29. The molecule has 2 heterocycles. The topological polar surface area (TPSA) is 82.6 Å². The molecule has 1 aliphatic heterocycles. The third kappa shape index (κ3) is 1.52. The van der Waals surface area contributed by atoms with Gasteiger partial charge in [0.2, 0.25) is 5.88 Å². The highest BCUT2D eigenvalue weighted by molar-refractivity contribution is 5.88. The Balaban J connectivity index is 2.59. The monoisotopic (exact) mass is 224 g/mol. The van der Waals surface area contributed by atoms with Crippen LogP contribution >= 0.6 is 0 Å². The fraction of sp³-hybridized carbons (Fsp3) is 0.400. The Hall–Kier alpha value is -1.98. The Morgan fingerprint density at radius 2 is 2.38 bits per heavy atom. The number of pyridine rings is 1. The number of carbonyl (C=O) groups is 1. The number of ether oxygens (including phenoxy) is 1. The summed E-state index contributed by atoms with van der Waals surface area (Å²) in [5.74, 6) is -0.911. The second-order valence-electron chi connectivity index (χ2n) is 3.80. The molecule has 1 unspecified atom stereocenters. The van der Waals surface area contributed by atoms with Gasteiger partial charge < -0.3 is 14.7 Å². The molecule has 0 aliphatic carbocycles. The van der Waals surface area contributed by atoms with E-state index in [1.165, 1.54) is 6.07 Å². The van der Waals surface area contributed by atoms with Gasteiger partial charge in [-0.1, -0.05) is 0 Å². The molecule has 0 saturated heterocycles. The third-order valence-electron chi connectivity index (χ3n) is 2.73. The molecule has 6 nitrogen and oxygen atoms in total. The lowest BCUT2D eigenvalue weighted by molar-refractivity contribution is 0.0694. The molecule has 0 bridgehead atoms. The van der Waals surface area contributed by atoms with Crippen molar-refractivity contribution in [3.05, 3.63) is 22.0 Å². The van der Waals surface area contributed by atoms with Crippen LogP contribution in [0.5, 0.6) is 5.88 Å². The van der Waals surface area contributed by atoms with E-state index in [9.17, 15) is 9.59 Å². The molecule has 16 heavy (non-hydrogen) atoms. The number of carboxylic acids is 1. The zero-order chi connectivity index (χ0) is 11.9. The van der Waals surface area contributed by atoms with Gasteiger partial charge in [-0.25, -0.2) is 4.79 Å². The summed E-state index contributed by atoms with van der Waals surface area (Å²) in [5.41, 5.74) is -0.326. The first-order valence-electron chi connectivity index (χ1n) is 4.87. The Morgan fingerprint density at radius 1 is 1.69 bits per heavy atom. The molecule has 1 aromatic heterocycles. The van der Waals surface area contributed by atoms with Crippen LogP contribution in [0.2, 0.25) is 0 Å². The highest BCUT2D eigenvalue weighted by Gasteiger charge is 2.24. The van der Waals surface area contributed by atoms with Gasteiger partial charge in [0.05, 0.1) is 11.7 Å². The quantitative estimate of drug-likeness (QED) is 0.716. The summed E-state index contributed by atoms with van der Waals surface area (Å²) in [6.45, 7) is 2.42. The van der Waals surface area contributed by atoms with Crippen molar-refractivity contribution in [2.24, 2.45) is 0 Å². The van der Waals surface area contributed by atoms with Crippen molar-refractivity contribution >= 4 is 11.7 Å². The van der Waals surface area contributed by atoms with Gasteiger partial charge in [-0.15, -0.1) is 0 Å². The number of rotatable bonds is 1. The van der Waals surface area contributed by atoms with E-state index in [-0.39, 0.29) is 11.6 Å². The molecule has 6 heteroatoms. The van der Waals surface area contributed by atoms with Crippen LogP contribution in [-0.4, -0.2) is 35.8 Å². The second kappa shape index (κ2) is 3.55. The smallest absolute Gasteiger partial charge is 0.341 e. The molecule has 1 atom stereocenters. The fourth-order valence-corrected chi connectivity index (χ4v) is 1.59. The van der Waals surface area contributed by atoms with Crippen molar-refractivity contribution < 1.29 is 14.6 Å². The lowest BCUT2D eigenvalue weighted by Crippen LogP contribution is -2.39. The van der Waals surface area contributed by atoms with E-state index in [1.54, 1.807) is 0 Å². The Kier molecular flexibility index (Phi) is 2.34. The fourth-order valence-electron chi connectivity index (χ4n) is 1.59. The minimum absolute atomic E-state index is 0.139. The SMILES string of the molecule is CC1COc2[nH]c(=O)c(C(=O)O)cc2N1C. The number of hydrogen-bond acceptors (Lipinski definition) is 4. The summed E-state index contributed by atoms with van der Waals surface area (Å²) in [5, 5.41) is 8.84. The maximum absolute atomic E-state index is 11.4. The molecule has 86 valence electrons. The molecule has 1 aliphatic rings. The molecule has 0 fully saturated rings. The number of nitrogens with one attached hydrogen (secondary N) is 1. The molecule has 0 spiro atoms. The number of aromatic amines is 1. The summed E-state index contributed by atoms with van der Waals surface area (Å²) in [6.07, 6.45) is 0. The number of carboxylic acid groups (broad SMARTS) is 1. The molecular weight excluding hydrogens is 212 g/mol. The normalized spacial score (nSPS) is 18.9. The molecule has 1 aromatic rings. The van der Waals surface area contributed by atoms with Crippen LogP contribution in [0.3, 0.4) is 0 Å². The maximum atomic E-state index is 11.4. The number of likely N-dealkylation sites (N-methyl/N-ethyl adjacent to an activating group) is 1. The molecular formula is C10H12N2O4. The predicted octanol–water partition coefficient (Wildman–Crippen LogP) is 0.290. The highest BCUT2D eigenvalue weighted by atomic mass is 16.5.